The highest BCUT2D eigenvalue weighted by atomic mass is 16.5. The molecule has 0 unspecified atom stereocenters. The standard InChI is InChI=1S/C18H16O/c1-13-9-11-14(12-10-13)15-5-3-7-17-16(15)6-4-8-18(17)19-2/h3-12H,1-2H3. The van der Waals surface area contributed by atoms with Crippen LogP contribution in [0.2, 0.25) is 0 Å². The minimum atomic E-state index is 0.923. The van der Waals surface area contributed by atoms with Crippen molar-refractivity contribution in [2.24, 2.45) is 0 Å². The monoisotopic (exact) mass is 248 g/mol. The van der Waals surface area contributed by atoms with E-state index in [0.717, 1.165) is 11.1 Å². The first-order valence-electron chi connectivity index (χ1n) is 6.42. The lowest BCUT2D eigenvalue weighted by Crippen LogP contribution is -1.86. The van der Waals surface area contributed by atoms with Gasteiger partial charge in [0.1, 0.15) is 5.75 Å². The van der Waals surface area contributed by atoms with E-state index in [1.165, 1.54) is 22.1 Å². The largest absolute Gasteiger partial charge is 0.496 e. The average Bonchev–Trinajstić information content (AvgIpc) is 2.47. The minimum absolute atomic E-state index is 0.923. The van der Waals surface area contributed by atoms with Crippen LogP contribution in [-0.2, 0) is 0 Å². The third-order valence-electron chi connectivity index (χ3n) is 3.46. The van der Waals surface area contributed by atoms with Crippen molar-refractivity contribution in [1.29, 1.82) is 0 Å². The van der Waals surface area contributed by atoms with Crippen molar-refractivity contribution < 1.29 is 4.74 Å². The van der Waals surface area contributed by atoms with Crippen LogP contribution in [0.25, 0.3) is 21.9 Å². The summed E-state index contributed by atoms with van der Waals surface area (Å²) in [7, 11) is 1.72. The van der Waals surface area contributed by atoms with E-state index in [0.29, 0.717) is 0 Å². The Labute approximate surface area is 113 Å². The molecule has 3 rings (SSSR count). The van der Waals surface area contributed by atoms with Crippen molar-refractivity contribution >= 4 is 10.8 Å². The van der Waals surface area contributed by atoms with Crippen LogP contribution >= 0.6 is 0 Å². The Hall–Kier alpha value is -2.28. The van der Waals surface area contributed by atoms with Gasteiger partial charge >= 0.3 is 0 Å². The lowest BCUT2D eigenvalue weighted by atomic mass is 9.97. The van der Waals surface area contributed by atoms with Gasteiger partial charge in [0.2, 0.25) is 0 Å². The van der Waals surface area contributed by atoms with Crippen LogP contribution in [0.15, 0.2) is 60.7 Å². The van der Waals surface area contributed by atoms with Crippen molar-refractivity contribution in [1.82, 2.24) is 0 Å². The van der Waals surface area contributed by atoms with Crippen LogP contribution in [0, 0.1) is 6.92 Å². The van der Waals surface area contributed by atoms with E-state index in [4.69, 9.17) is 4.74 Å². The van der Waals surface area contributed by atoms with Crippen molar-refractivity contribution in [2.75, 3.05) is 7.11 Å². The summed E-state index contributed by atoms with van der Waals surface area (Å²) in [5, 5.41) is 2.38. The number of ether oxygens (including phenoxy) is 1. The fourth-order valence-electron chi connectivity index (χ4n) is 2.44. The fourth-order valence-corrected chi connectivity index (χ4v) is 2.44. The molecule has 0 aliphatic heterocycles. The zero-order valence-electron chi connectivity index (χ0n) is 11.2. The molecule has 19 heavy (non-hydrogen) atoms. The van der Waals surface area contributed by atoms with Gasteiger partial charge in [-0.15, -0.1) is 0 Å². The summed E-state index contributed by atoms with van der Waals surface area (Å²) >= 11 is 0. The summed E-state index contributed by atoms with van der Waals surface area (Å²) in [6.07, 6.45) is 0. The molecule has 0 radical (unpaired) electrons. The Balaban J connectivity index is 2.27. The van der Waals surface area contributed by atoms with Crippen molar-refractivity contribution in [3.05, 3.63) is 66.2 Å². The van der Waals surface area contributed by atoms with Gasteiger partial charge in [0.15, 0.2) is 0 Å². The summed E-state index contributed by atoms with van der Waals surface area (Å²) in [6.45, 7) is 2.11. The number of rotatable bonds is 2. The van der Waals surface area contributed by atoms with Gasteiger partial charge in [-0.25, -0.2) is 0 Å². The summed E-state index contributed by atoms with van der Waals surface area (Å²) in [5.74, 6) is 0.923. The predicted molar refractivity (Wildman–Crippen MR) is 80.7 cm³/mol. The zero-order valence-corrected chi connectivity index (χ0v) is 11.2. The molecule has 0 aliphatic rings. The third-order valence-corrected chi connectivity index (χ3v) is 3.46. The molecule has 3 aromatic rings. The van der Waals surface area contributed by atoms with E-state index in [9.17, 15) is 0 Å². The molecule has 1 heteroatoms. The van der Waals surface area contributed by atoms with E-state index in [1.807, 2.05) is 12.1 Å². The van der Waals surface area contributed by atoms with Gasteiger partial charge in [0.05, 0.1) is 7.11 Å². The second-order valence-corrected chi connectivity index (χ2v) is 4.73. The highest BCUT2D eigenvalue weighted by molar-refractivity contribution is 5.99. The van der Waals surface area contributed by atoms with Crippen LogP contribution in [-0.4, -0.2) is 7.11 Å². The molecule has 0 atom stereocenters. The Kier molecular flexibility index (Phi) is 2.96. The quantitative estimate of drug-likeness (QED) is 0.631. The Morgan fingerprint density at radius 2 is 1.42 bits per heavy atom. The molecule has 0 aliphatic carbocycles. The van der Waals surface area contributed by atoms with Crippen molar-refractivity contribution in [2.45, 2.75) is 6.92 Å². The van der Waals surface area contributed by atoms with Gasteiger partial charge in [-0.1, -0.05) is 60.2 Å². The molecule has 0 saturated carbocycles. The summed E-state index contributed by atoms with van der Waals surface area (Å²) in [4.78, 5) is 0. The molecule has 0 heterocycles. The van der Waals surface area contributed by atoms with E-state index in [1.54, 1.807) is 7.11 Å². The molecular weight excluding hydrogens is 232 g/mol. The first-order valence-corrected chi connectivity index (χ1v) is 6.42. The van der Waals surface area contributed by atoms with Crippen LogP contribution in [0.4, 0.5) is 0 Å². The lowest BCUT2D eigenvalue weighted by molar-refractivity contribution is 0.420. The average molecular weight is 248 g/mol. The van der Waals surface area contributed by atoms with Crippen molar-refractivity contribution in [3.63, 3.8) is 0 Å². The SMILES string of the molecule is COc1cccc2c(-c3ccc(C)cc3)cccc12. The van der Waals surface area contributed by atoms with E-state index in [-0.39, 0.29) is 0 Å². The Bertz CT molecular complexity index is 711. The zero-order chi connectivity index (χ0) is 13.2. The molecule has 0 amide bonds. The first kappa shape index (κ1) is 11.8. The number of hydrogen-bond donors (Lipinski definition) is 0. The maximum atomic E-state index is 5.44. The van der Waals surface area contributed by atoms with Gasteiger partial charge in [0, 0.05) is 5.39 Å². The normalized spacial score (nSPS) is 10.6. The van der Waals surface area contributed by atoms with Crippen LogP contribution in [0.1, 0.15) is 5.56 Å². The molecule has 0 aromatic heterocycles. The van der Waals surface area contributed by atoms with Crippen molar-refractivity contribution in [3.8, 4) is 16.9 Å². The highest BCUT2D eigenvalue weighted by Gasteiger charge is 2.06. The Morgan fingerprint density at radius 3 is 2.16 bits per heavy atom. The molecule has 0 saturated heterocycles. The molecule has 3 aromatic carbocycles. The third kappa shape index (κ3) is 2.08. The van der Waals surface area contributed by atoms with Crippen LogP contribution < -0.4 is 4.74 Å². The molecule has 0 N–H and O–H groups in total. The smallest absolute Gasteiger partial charge is 0.126 e. The van der Waals surface area contributed by atoms with Gasteiger partial charge < -0.3 is 4.74 Å². The predicted octanol–water partition coefficient (Wildman–Crippen LogP) is 4.82. The second kappa shape index (κ2) is 4.77. The minimum Gasteiger partial charge on any atom is -0.496 e. The molecule has 0 bridgehead atoms. The highest BCUT2D eigenvalue weighted by Crippen LogP contribution is 2.33. The molecular formula is C18H16O. The topological polar surface area (TPSA) is 9.23 Å². The van der Waals surface area contributed by atoms with Crippen LogP contribution in [0.3, 0.4) is 0 Å². The summed E-state index contributed by atoms with van der Waals surface area (Å²) in [6, 6.07) is 21.2. The molecule has 94 valence electrons. The Morgan fingerprint density at radius 1 is 0.737 bits per heavy atom. The maximum absolute atomic E-state index is 5.44. The van der Waals surface area contributed by atoms with Gasteiger partial charge in [-0.3, -0.25) is 0 Å². The molecule has 0 fully saturated rings. The fraction of sp³-hybridized carbons (Fsp3) is 0.111. The van der Waals surface area contributed by atoms with E-state index < -0.39 is 0 Å². The van der Waals surface area contributed by atoms with Gasteiger partial charge in [-0.2, -0.15) is 0 Å². The number of fused-ring (bicyclic) bond motifs is 1. The molecule has 0 spiro atoms. The van der Waals surface area contributed by atoms with Crippen LogP contribution in [0.5, 0.6) is 5.75 Å². The summed E-state index contributed by atoms with van der Waals surface area (Å²) in [5.41, 5.74) is 3.77. The molecule has 1 nitrogen and oxygen atoms in total. The number of aryl methyl sites for hydroxylation is 1. The number of methoxy groups -OCH3 is 1. The van der Waals surface area contributed by atoms with Gasteiger partial charge in [0.25, 0.3) is 0 Å². The first-order chi connectivity index (χ1) is 9.29. The lowest BCUT2D eigenvalue weighted by Gasteiger charge is -2.10. The maximum Gasteiger partial charge on any atom is 0.126 e. The van der Waals surface area contributed by atoms with E-state index >= 15 is 0 Å². The van der Waals surface area contributed by atoms with Gasteiger partial charge in [-0.05, 0) is 29.5 Å². The van der Waals surface area contributed by atoms with E-state index in [2.05, 4.69) is 55.5 Å². The number of hydrogen-bond acceptors (Lipinski definition) is 1. The second-order valence-electron chi connectivity index (χ2n) is 4.73. The summed E-state index contributed by atoms with van der Waals surface area (Å²) < 4.78 is 5.44. The number of benzene rings is 3.